The van der Waals surface area contributed by atoms with Crippen molar-refractivity contribution >= 4 is 38.0 Å². The fraction of sp³-hybridized carbons (Fsp3) is 0.444. The Morgan fingerprint density at radius 1 is 1.44 bits per heavy atom. The average Bonchev–Trinajstić information content (AvgIpc) is 2.04. The smallest absolute Gasteiger partial charge is 0.292 e. The number of pyridine rings is 1. The molecule has 2 N–H and O–H groups in total. The molecule has 1 aromatic rings. The van der Waals surface area contributed by atoms with Crippen molar-refractivity contribution in [2.75, 3.05) is 5.73 Å². The molecule has 1 radical (unpaired) electrons. The first-order valence-corrected chi connectivity index (χ1v) is 6.98. The molecule has 0 aliphatic carbocycles. The highest BCUT2D eigenvalue weighted by atomic mass is 79.9. The van der Waals surface area contributed by atoms with Gasteiger partial charge in [0.2, 0.25) is 0 Å². The van der Waals surface area contributed by atoms with Crippen LogP contribution in [-0.2, 0) is 9.69 Å². The summed E-state index contributed by atoms with van der Waals surface area (Å²) >= 11 is 3.17. The highest BCUT2D eigenvalue weighted by Crippen LogP contribution is 2.28. The van der Waals surface area contributed by atoms with Crippen molar-refractivity contribution in [2.45, 2.75) is 31.0 Å². The normalized spacial score (nSPS) is 12.5. The molecule has 0 amide bonds. The van der Waals surface area contributed by atoms with E-state index in [1.165, 1.54) is 18.8 Å². The van der Waals surface area contributed by atoms with E-state index in [-0.39, 0.29) is 10.7 Å². The summed E-state index contributed by atoms with van der Waals surface area (Å²) in [6, 6.07) is 1.46. The van der Waals surface area contributed by atoms with Crippen LogP contribution in [0.4, 0.5) is 5.82 Å². The lowest BCUT2D eigenvalue weighted by atomic mass is 9.73. The Hall–Kier alpha value is -0.555. The molecule has 0 aromatic carbocycles. The van der Waals surface area contributed by atoms with Crippen LogP contribution in [-0.4, -0.2) is 20.0 Å². The van der Waals surface area contributed by atoms with E-state index < -0.39 is 15.0 Å². The third kappa shape index (κ3) is 3.48. The van der Waals surface area contributed by atoms with Crippen molar-refractivity contribution in [3.05, 3.63) is 16.7 Å². The van der Waals surface area contributed by atoms with E-state index >= 15 is 0 Å². The quantitative estimate of drug-likeness (QED) is 0.849. The largest absolute Gasteiger partial charge is 0.383 e. The third-order valence-corrected chi connectivity index (χ3v) is 4.05. The fourth-order valence-electron chi connectivity index (χ4n) is 1.19. The van der Waals surface area contributed by atoms with Crippen LogP contribution in [0.3, 0.4) is 0 Å². The topological polar surface area (TPSA) is 73.0 Å². The Balaban J connectivity index is 3.22. The number of nitrogens with two attached hydrogens (primary N) is 1. The van der Waals surface area contributed by atoms with Crippen LogP contribution < -0.4 is 5.73 Å². The molecule has 7 heteroatoms. The molecule has 1 aromatic heterocycles. The zero-order valence-electron chi connectivity index (χ0n) is 9.36. The van der Waals surface area contributed by atoms with E-state index in [9.17, 15) is 8.42 Å². The molecule has 0 unspecified atom stereocenters. The van der Waals surface area contributed by atoms with Gasteiger partial charge >= 0.3 is 0 Å². The number of aromatic nitrogens is 1. The second-order valence-electron chi connectivity index (χ2n) is 4.57. The predicted octanol–water partition coefficient (Wildman–Crippen LogP) is 2.04. The highest BCUT2D eigenvalue weighted by Gasteiger charge is 2.28. The maximum absolute atomic E-state index is 12.0. The molecule has 0 spiro atoms. The van der Waals surface area contributed by atoms with Crippen LogP contribution in [0.5, 0.6) is 0 Å². The molecule has 4 nitrogen and oxygen atoms in total. The summed E-state index contributed by atoms with van der Waals surface area (Å²) in [6.45, 7) is 6.71. The molecule has 0 atom stereocenters. The van der Waals surface area contributed by atoms with Gasteiger partial charge in [0.25, 0.3) is 6.56 Å². The summed E-state index contributed by atoms with van der Waals surface area (Å²) in [5.41, 5.74) is 5.56. The number of rotatable bonds is 2. The van der Waals surface area contributed by atoms with Crippen LogP contribution >= 0.6 is 15.9 Å². The van der Waals surface area contributed by atoms with Crippen molar-refractivity contribution in [2.24, 2.45) is 0 Å². The van der Waals surface area contributed by atoms with Gasteiger partial charge in [-0.1, -0.05) is 20.8 Å². The number of halogens is 1. The Labute approximate surface area is 105 Å². The number of nitrogens with zero attached hydrogens (tertiary/aromatic N) is 1. The van der Waals surface area contributed by atoms with Crippen molar-refractivity contribution < 1.29 is 8.42 Å². The number of hydrogen-bond acceptors (Lipinski definition) is 4. The number of anilines is 1. The van der Waals surface area contributed by atoms with Gasteiger partial charge in [0.05, 0.1) is 4.90 Å². The first-order valence-electron chi connectivity index (χ1n) is 4.64. The molecule has 0 saturated carbocycles. The minimum atomic E-state index is -3.51. The van der Waals surface area contributed by atoms with Crippen molar-refractivity contribution in [1.82, 2.24) is 4.98 Å². The first kappa shape index (κ1) is 13.5. The first-order chi connectivity index (χ1) is 7.12. The summed E-state index contributed by atoms with van der Waals surface area (Å²) in [5, 5.41) is -0.437. The van der Waals surface area contributed by atoms with E-state index in [4.69, 9.17) is 5.73 Å². The van der Waals surface area contributed by atoms with Crippen LogP contribution in [0, 0.1) is 0 Å². The van der Waals surface area contributed by atoms with E-state index in [1.54, 1.807) is 0 Å². The van der Waals surface area contributed by atoms with Gasteiger partial charge in [-0.25, -0.2) is 13.4 Å². The minimum Gasteiger partial charge on any atom is -0.383 e. The zero-order valence-corrected chi connectivity index (χ0v) is 11.8. The Kier molecular flexibility index (Phi) is 3.69. The predicted molar refractivity (Wildman–Crippen MR) is 69.0 cm³/mol. The van der Waals surface area contributed by atoms with Gasteiger partial charge in [-0.2, -0.15) is 0 Å². The van der Waals surface area contributed by atoms with Gasteiger partial charge in [-0.15, -0.1) is 0 Å². The second-order valence-corrected chi connectivity index (χ2v) is 7.25. The summed E-state index contributed by atoms with van der Waals surface area (Å²) in [5.74, 6) is 0.0173. The van der Waals surface area contributed by atoms with Crippen molar-refractivity contribution in [3.8, 4) is 0 Å². The molecular weight excluding hydrogens is 291 g/mol. The van der Waals surface area contributed by atoms with Crippen molar-refractivity contribution in [3.63, 3.8) is 0 Å². The molecular formula is C9H13BBrN2O2S. The Morgan fingerprint density at radius 3 is 2.50 bits per heavy atom. The molecule has 87 valence electrons. The summed E-state index contributed by atoms with van der Waals surface area (Å²) in [7, 11) is -3.51. The zero-order chi connectivity index (χ0) is 12.6. The van der Waals surface area contributed by atoms with Gasteiger partial charge in [-0.3, -0.25) is 0 Å². The summed E-state index contributed by atoms with van der Waals surface area (Å²) in [6.07, 6.45) is 1.46. The highest BCUT2D eigenvalue weighted by molar-refractivity contribution is 9.10. The Morgan fingerprint density at radius 2 is 2.00 bits per heavy atom. The molecule has 1 rings (SSSR count). The molecule has 0 bridgehead atoms. The van der Waals surface area contributed by atoms with Gasteiger partial charge in [0.1, 0.15) is 15.5 Å². The van der Waals surface area contributed by atoms with Gasteiger partial charge in [0.15, 0.2) is 0 Å². The van der Waals surface area contributed by atoms with E-state index in [0.29, 0.717) is 4.47 Å². The van der Waals surface area contributed by atoms with Crippen molar-refractivity contribution in [1.29, 1.82) is 0 Å². The minimum absolute atomic E-state index is 0.0173. The lowest BCUT2D eigenvalue weighted by molar-refractivity contribution is 0.606. The molecule has 16 heavy (non-hydrogen) atoms. The molecule has 1 heterocycles. The standard InChI is InChI=1S/C9H13BBrN2O2S/c1-9(2,3)10-16(14,15)7-4-6(11)5-13-8(7)12/h4-5H,1-3H3,(H2,12,13). The van der Waals surface area contributed by atoms with E-state index in [1.807, 2.05) is 20.8 Å². The van der Waals surface area contributed by atoms with E-state index in [2.05, 4.69) is 20.9 Å². The lowest BCUT2D eigenvalue weighted by Gasteiger charge is -2.16. The number of hydrogen-bond donors (Lipinski definition) is 1. The van der Waals surface area contributed by atoms with Crippen LogP contribution in [0.25, 0.3) is 0 Å². The van der Waals surface area contributed by atoms with Gasteiger partial charge in [-0.05, 0) is 27.3 Å². The lowest BCUT2D eigenvalue weighted by Crippen LogP contribution is -2.21. The number of nitrogen functional groups attached to an aromatic ring is 1. The monoisotopic (exact) mass is 303 g/mol. The maximum atomic E-state index is 12.0. The molecule has 0 aliphatic heterocycles. The maximum Gasteiger partial charge on any atom is 0.292 e. The average molecular weight is 304 g/mol. The SMILES string of the molecule is CC(C)(C)[B]S(=O)(=O)c1cc(Br)cnc1N. The van der Waals surface area contributed by atoms with Crippen LogP contribution in [0.2, 0.25) is 5.31 Å². The second kappa shape index (κ2) is 4.37. The summed E-state index contributed by atoms with van der Waals surface area (Å²) in [4.78, 5) is 3.85. The van der Waals surface area contributed by atoms with Crippen LogP contribution in [0.15, 0.2) is 21.6 Å². The van der Waals surface area contributed by atoms with Gasteiger partial charge in [0, 0.05) is 10.7 Å². The van der Waals surface area contributed by atoms with Gasteiger partial charge < -0.3 is 5.73 Å². The fourth-order valence-corrected chi connectivity index (χ4v) is 3.36. The molecule has 0 aliphatic rings. The third-order valence-electron chi connectivity index (χ3n) is 1.66. The molecule has 0 saturated heterocycles. The van der Waals surface area contributed by atoms with Crippen LogP contribution in [0.1, 0.15) is 20.8 Å². The molecule has 0 fully saturated rings. The summed E-state index contributed by atoms with van der Waals surface area (Å²) < 4.78 is 24.6. The Bertz CT molecular complexity index is 497. The van der Waals surface area contributed by atoms with E-state index in [0.717, 1.165) is 0 Å².